The van der Waals surface area contributed by atoms with Gasteiger partial charge >= 0.3 is 0 Å². The van der Waals surface area contributed by atoms with Crippen molar-refractivity contribution in [2.24, 2.45) is 0 Å². The summed E-state index contributed by atoms with van der Waals surface area (Å²) in [5.74, 6) is -0.0772. The van der Waals surface area contributed by atoms with Crippen LogP contribution in [0.2, 0.25) is 0 Å². The van der Waals surface area contributed by atoms with Crippen molar-refractivity contribution in [1.29, 1.82) is 0 Å². The van der Waals surface area contributed by atoms with Gasteiger partial charge in [-0.05, 0) is 6.92 Å². The van der Waals surface area contributed by atoms with Gasteiger partial charge < -0.3 is 10.2 Å². The number of carbonyl (C=O) groups is 1. The number of amides is 1. The van der Waals surface area contributed by atoms with E-state index in [9.17, 15) is 4.79 Å². The first-order chi connectivity index (χ1) is 10.6. The van der Waals surface area contributed by atoms with Crippen LogP contribution in [0.1, 0.15) is 19.5 Å². The summed E-state index contributed by atoms with van der Waals surface area (Å²) in [7, 11) is 0. The average molecular weight is 337 g/mol. The second kappa shape index (κ2) is 6.72. The maximum atomic E-state index is 11.0. The van der Waals surface area contributed by atoms with Gasteiger partial charge in [0.15, 0.2) is 10.3 Å². The predicted octanol–water partition coefficient (Wildman–Crippen LogP) is 2.27. The highest BCUT2D eigenvalue weighted by Gasteiger charge is 2.25. The molecule has 22 heavy (non-hydrogen) atoms. The number of rotatable bonds is 4. The van der Waals surface area contributed by atoms with Crippen molar-refractivity contribution < 1.29 is 4.79 Å². The highest BCUT2D eigenvalue weighted by molar-refractivity contribution is 7.14. The molecule has 0 bridgehead atoms. The van der Waals surface area contributed by atoms with Crippen molar-refractivity contribution in [1.82, 2.24) is 14.9 Å². The van der Waals surface area contributed by atoms with Crippen molar-refractivity contribution in [3.8, 4) is 0 Å². The minimum Gasteiger partial charge on any atom is -0.343 e. The quantitative estimate of drug-likeness (QED) is 0.927. The van der Waals surface area contributed by atoms with Gasteiger partial charge in [-0.2, -0.15) is 0 Å². The lowest BCUT2D eigenvalue weighted by Gasteiger charge is -2.39. The molecule has 2 aromatic heterocycles. The van der Waals surface area contributed by atoms with Crippen LogP contribution in [0.4, 0.5) is 10.3 Å². The lowest BCUT2D eigenvalue weighted by Crippen LogP contribution is -2.51. The van der Waals surface area contributed by atoms with Gasteiger partial charge in [0.25, 0.3) is 0 Å². The smallest absolute Gasteiger partial charge is 0.223 e. The summed E-state index contributed by atoms with van der Waals surface area (Å²) in [6, 6.07) is 0.438. The number of piperazine rings is 1. The molecule has 0 spiro atoms. The summed E-state index contributed by atoms with van der Waals surface area (Å²) >= 11 is 3.17. The fourth-order valence-corrected chi connectivity index (χ4v) is 4.15. The largest absolute Gasteiger partial charge is 0.343 e. The summed E-state index contributed by atoms with van der Waals surface area (Å²) in [4.78, 5) is 24.7. The standard InChI is InChI=1S/C14H19N5OS2/c1-10-7-18(4-5-19(10)14-15-3-6-21-14)8-12-9-22-13(17-12)16-11(2)20/h3,6,9-10H,4-5,7-8H2,1-2H3,(H,16,17,20)/t10-/m1/s1. The van der Waals surface area contributed by atoms with Crippen molar-refractivity contribution in [3.63, 3.8) is 0 Å². The molecule has 1 aliphatic rings. The van der Waals surface area contributed by atoms with Crippen LogP contribution in [0.5, 0.6) is 0 Å². The van der Waals surface area contributed by atoms with E-state index < -0.39 is 0 Å². The molecule has 1 atom stereocenters. The Kier molecular flexibility index (Phi) is 4.70. The number of nitrogens with one attached hydrogen (secondary N) is 1. The number of thiazole rings is 2. The Morgan fingerprint density at radius 2 is 2.32 bits per heavy atom. The Morgan fingerprint density at radius 3 is 3.00 bits per heavy atom. The van der Waals surface area contributed by atoms with E-state index in [1.807, 2.05) is 17.0 Å². The number of hydrogen-bond acceptors (Lipinski definition) is 7. The van der Waals surface area contributed by atoms with Crippen LogP contribution in [-0.2, 0) is 11.3 Å². The van der Waals surface area contributed by atoms with E-state index in [-0.39, 0.29) is 5.91 Å². The van der Waals surface area contributed by atoms with Gasteiger partial charge in [-0.1, -0.05) is 0 Å². The normalized spacial score (nSPS) is 19.4. The highest BCUT2D eigenvalue weighted by atomic mass is 32.1. The van der Waals surface area contributed by atoms with E-state index in [1.54, 1.807) is 11.3 Å². The first kappa shape index (κ1) is 15.4. The Labute approximate surface area is 137 Å². The molecule has 1 fully saturated rings. The molecule has 118 valence electrons. The summed E-state index contributed by atoms with van der Waals surface area (Å²) in [6.07, 6.45) is 1.86. The molecule has 1 saturated heterocycles. The Bertz CT molecular complexity index is 627. The van der Waals surface area contributed by atoms with Gasteiger partial charge in [0.1, 0.15) is 0 Å². The van der Waals surface area contributed by atoms with Crippen molar-refractivity contribution in [3.05, 3.63) is 22.7 Å². The summed E-state index contributed by atoms with van der Waals surface area (Å²) in [5.41, 5.74) is 1.02. The van der Waals surface area contributed by atoms with Gasteiger partial charge in [0.05, 0.1) is 5.69 Å². The van der Waals surface area contributed by atoms with Crippen LogP contribution in [0.15, 0.2) is 17.0 Å². The molecular formula is C14H19N5OS2. The molecule has 0 saturated carbocycles. The van der Waals surface area contributed by atoms with Gasteiger partial charge in [0.2, 0.25) is 5.91 Å². The molecule has 0 unspecified atom stereocenters. The molecule has 2 aromatic rings. The van der Waals surface area contributed by atoms with Gasteiger partial charge in [0, 0.05) is 56.1 Å². The van der Waals surface area contributed by atoms with Crippen LogP contribution in [-0.4, -0.2) is 46.5 Å². The topological polar surface area (TPSA) is 61.4 Å². The first-order valence-electron chi connectivity index (χ1n) is 7.22. The van der Waals surface area contributed by atoms with Crippen LogP contribution >= 0.6 is 22.7 Å². The van der Waals surface area contributed by atoms with E-state index in [4.69, 9.17) is 0 Å². The van der Waals surface area contributed by atoms with Crippen LogP contribution in [0.3, 0.4) is 0 Å². The lowest BCUT2D eigenvalue weighted by atomic mass is 10.2. The summed E-state index contributed by atoms with van der Waals surface area (Å²) in [6.45, 7) is 7.53. The molecule has 8 heteroatoms. The molecule has 0 radical (unpaired) electrons. The molecule has 1 N–H and O–H groups in total. The number of nitrogens with zero attached hydrogens (tertiary/aromatic N) is 4. The zero-order chi connectivity index (χ0) is 15.5. The third-order valence-corrected chi connectivity index (χ3v) is 5.21. The molecule has 3 rings (SSSR count). The molecular weight excluding hydrogens is 318 g/mol. The van der Waals surface area contributed by atoms with E-state index in [0.717, 1.165) is 37.0 Å². The third kappa shape index (κ3) is 3.63. The van der Waals surface area contributed by atoms with Crippen molar-refractivity contribution in [2.45, 2.75) is 26.4 Å². The number of carbonyl (C=O) groups excluding carboxylic acids is 1. The Balaban J connectivity index is 1.56. The SMILES string of the molecule is CC(=O)Nc1nc(CN2CCN(c3nccs3)[C@H](C)C2)cs1. The predicted molar refractivity (Wildman–Crippen MR) is 90.6 cm³/mol. The van der Waals surface area contributed by atoms with Gasteiger partial charge in [-0.3, -0.25) is 9.69 Å². The monoisotopic (exact) mass is 337 g/mol. The zero-order valence-corrected chi connectivity index (χ0v) is 14.3. The first-order valence-corrected chi connectivity index (χ1v) is 8.98. The van der Waals surface area contributed by atoms with Gasteiger partial charge in [-0.15, -0.1) is 22.7 Å². The Hall–Kier alpha value is -1.51. The lowest BCUT2D eigenvalue weighted by molar-refractivity contribution is -0.114. The molecule has 1 amide bonds. The van der Waals surface area contributed by atoms with E-state index in [2.05, 4.69) is 32.0 Å². The summed E-state index contributed by atoms with van der Waals surface area (Å²) in [5, 5.41) is 8.55. The number of hydrogen-bond donors (Lipinski definition) is 1. The highest BCUT2D eigenvalue weighted by Crippen LogP contribution is 2.24. The summed E-state index contributed by atoms with van der Waals surface area (Å²) < 4.78 is 0. The molecule has 3 heterocycles. The molecule has 6 nitrogen and oxygen atoms in total. The minimum absolute atomic E-state index is 0.0772. The molecule has 0 aromatic carbocycles. The third-order valence-electron chi connectivity index (χ3n) is 3.60. The van der Waals surface area contributed by atoms with Gasteiger partial charge in [-0.25, -0.2) is 9.97 Å². The second-order valence-corrected chi connectivity index (χ2v) is 7.15. The zero-order valence-electron chi connectivity index (χ0n) is 12.7. The second-order valence-electron chi connectivity index (χ2n) is 5.42. The molecule has 0 aliphatic carbocycles. The van der Waals surface area contributed by atoms with Crippen molar-refractivity contribution >= 4 is 38.8 Å². The fourth-order valence-electron chi connectivity index (χ4n) is 2.64. The Morgan fingerprint density at radius 1 is 1.45 bits per heavy atom. The fraction of sp³-hybridized carbons (Fsp3) is 0.500. The van der Waals surface area contributed by atoms with Crippen LogP contribution in [0, 0.1) is 0 Å². The van der Waals surface area contributed by atoms with Crippen LogP contribution in [0.25, 0.3) is 0 Å². The number of aromatic nitrogens is 2. The molecule has 1 aliphatic heterocycles. The maximum absolute atomic E-state index is 11.0. The maximum Gasteiger partial charge on any atom is 0.223 e. The van der Waals surface area contributed by atoms with E-state index in [0.29, 0.717) is 11.2 Å². The number of anilines is 2. The van der Waals surface area contributed by atoms with E-state index in [1.165, 1.54) is 18.3 Å². The van der Waals surface area contributed by atoms with E-state index >= 15 is 0 Å². The minimum atomic E-state index is -0.0772. The van der Waals surface area contributed by atoms with Crippen LogP contribution < -0.4 is 10.2 Å². The van der Waals surface area contributed by atoms with Crippen molar-refractivity contribution in [2.75, 3.05) is 29.9 Å². The average Bonchev–Trinajstić information content (AvgIpc) is 3.10.